The monoisotopic (exact) mass is 337 g/mol. The van der Waals surface area contributed by atoms with Crippen molar-refractivity contribution in [3.63, 3.8) is 0 Å². The van der Waals surface area contributed by atoms with E-state index in [0.717, 1.165) is 25.2 Å². The van der Waals surface area contributed by atoms with Gasteiger partial charge in [-0.15, -0.1) is 0 Å². The van der Waals surface area contributed by atoms with Gasteiger partial charge in [0.1, 0.15) is 12.7 Å². The smallest absolute Gasteiger partial charge is 0.330 e. The summed E-state index contributed by atoms with van der Waals surface area (Å²) in [5.41, 5.74) is 2.26. The van der Waals surface area contributed by atoms with E-state index in [4.69, 9.17) is 9.47 Å². The largest absolute Gasteiger partial charge is 0.460 e. The van der Waals surface area contributed by atoms with Crippen LogP contribution in [0.2, 0.25) is 0 Å². The standard InChI is InChI=1S/C21H23NO3/c23-21(12-11-18-7-3-1-4-8-18)25-17-20-16-22(13-14-24-20)15-19-9-5-2-6-10-19/h1-12,20H,13-17H2/b12-11+. The van der Waals surface area contributed by atoms with Crippen LogP contribution in [0.3, 0.4) is 0 Å². The summed E-state index contributed by atoms with van der Waals surface area (Å²) in [7, 11) is 0. The Bertz CT molecular complexity index is 685. The van der Waals surface area contributed by atoms with Crippen LogP contribution in [0.1, 0.15) is 11.1 Å². The lowest BCUT2D eigenvalue weighted by Gasteiger charge is -2.32. The van der Waals surface area contributed by atoms with Gasteiger partial charge in [0.15, 0.2) is 0 Å². The summed E-state index contributed by atoms with van der Waals surface area (Å²) >= 11 is 0. The molecule has 2 aromatic rings. The second kappa shape index (κ2) is 9.16. The Morgan fingerprint density at radius 3 is 2.60 bits per heavy atom. The summed E-state index contributed by atoms with van der Waals surface area (Å²) in [6, 6.07) is 20.1. The molecule has 0 spiro atoms. The molecule has 1 aliphatic rings. The second-order valence-electron chi connectivity index (χ2n) is 6.09. The summed E-state index contributed by atoms with van der Waals surface area (Å²) < 4.78 is 11.0. The fourth-order valence-corrected chi connectivity index (χ4v) is 2.82. The zero-order chi connectivity index (χ0) is 17.3. The highest BCUT2D eigenvalue weighted by atomic mass is 16.6. The zero-order valence-electron chi connectivity index (χ0n) is 14.2. The van der Waals surface area contributed by atoms with Gasteiger partial charge in [-0.25, -0.2) is 4.79 Å². The maximum atomic E-state index is 11.9. The number of carbonyl (C=O) groups is 1. The van der Waals surface area contributed by atoms with Gasteiger partial charge in [-0.3, -0.25) is 4.90 Å². The summed E-state index contributed by atoms with van der Waals surface area (Å²) in [5.74, 6) is -0.340. The number of carbonyl (C=O) groups excluding carboxylic acids is 1. The van der Waals surface area contributed by atoms with E-state index in [-0.39, 0.29) is 18.7 Å². The molecule has 0 amide bonds. The molecule has 25 heavy (non-hydrogen) atoms. The summed E-state index contributed by atoms with van der Waals surface area (Å²) in [6.07, 6.45) is 3.14. The van der Waals surface area contributed by atoms with Gasteiger partial charge in [0, 0.05) is 25.7 Å². The third-order valence-corrected chi connectivity index (χ3v) is 4.09. The van der Waals surface area contributed by atoms with Crippen LogP contribution < -0.4 is 0 Å². The van der Waals surface area contributed by atoms with Crippen LogP contribution in [0.15, 0.2) is 66.7 Å². The van der Waals surface area contributed by atoms with Crippen molar-refractivity contribution in [3.8, 4) is 0 Å². The number of rotatable bonds is 6. The van der Waals surface area contributed by atoms with Crippen molar-refractivity contribution < 1.29 is 14.3 Å². The van der Waals surface area contributed by atoms with E-state index in [9.17, 15) is 4.79 Å². The molecule has 4 nitrogen and oxygen atoms in total. The Labute approximate surface area is 148 Å². The highest BCUT2D eigenvalue weighted by Crippen LogP contribution is 2.11. The quantitative estimate of drug-likeness (QED) is 0.600. The van der Waals surface area contributed by atoms with Crippen molar-refractivity contribution in [1.82, 2.24) is 4.90 Å². The van der Waals surface area contributed by atoms with Gasteiger partial charge in [0.25, 0.3) is 0 Å². The summed E-state index contributed by atoms with van der Waals surface area (Å²) in [5, 5.41) is 0. The SMILES string of the molecule is O=C(/C=C/c1ccccc1)OCC1CN(Cc2ccccc2)CCO1. The van der Waals surface area contributed by atoms with Crippen LogP contribution in [0.4, 0.5) is 0 Å². The lowest BCUT2D eigenvalue weighted by atomic mass is 10.2. The minimum absolute atomic E-state index is 0.0773. The van der Waals surface area contributed by atoms with Crippen molar-refractivity contribution in [2.75, 3.05) is 26.3 Å². The fraction of sp³-hybridized carbons (Fsp3) is 0.286. The number of hydrogen-bond acceptors (Lipinski definition) is 4. The predicted octanol–water partition coefficient (Wildman–Crippen LogP) is 3.14. The molecule has 0 N–H and O–H groups in total. The van der Waals surface area contributed by atoms with E-state index in [0.29, 0.717) is 6.61 Å². The van der Waals surface area contributed by atoms with Gasteiger partial charge in [-0.05, 0) is 17.2 Å². The molecule has 0 radical (unpaired) electrons. The molecule has 130 valence electrons. The highest BCUT2D eigenvalue weighted by molar-refractivity contribution is 5.87. The van der Waals surface area contributed by atoms with Gasteiger partial charge >= 0.3 is 5.97 Å². The molecule has 1 aliphatic heterocycles. The molecular weight excluding hydrogens is 314 g/mol. The lowest BCUT2D eigenvalue weighted by molar-refractivity contribution is -0.144. The molecule has 0 bridgehead atoms. The van der Waals surface area contributed by atoms with Gasteiger partial charge < -0.3 is 9.47 Å². The number of esters is 1. The van der Waals surface area contributed by atoms with Crippen LogP contribution in [0, 0.1) is 0 Å². The van der Waals surface area contributed by atoms with Crippen LogP contribution in [0.25, 0.3) is 6.08 Å². The molecule has 1 saturated heterocycles. The lowest BCUT2D eigenvalue weighted by Crippen LogP contribution is -2.44. The zero-order valence-corrected chi connectivity index (χ0v) is 14.2. The molecule has 0 aromatic heterocycles. The van der Waals surface area contributed by atoms with Gasteiger partial charge in [-0.2, -0.15) is 0 Å². The summed E-state index contributed by atoms with van der Waals surface area (Å²) in [4.78, 5) is 14.2. The Kier molecular flexibility index (Phi) is 6.37. The van der Waals surface area contributed by atoms with E-state index in [1.165, 1.54) is 11.6 Å². The van der Waals surface area contributed by atoms with E-state index in [1.54, 1.807) is 6.08 Å². The molecule has 2 aromatic carbocycles. The van der Waals surface area contributed by atoms with Crippen molar-refractivity contribution in [1.29, 1.82) is 0 Å². The van der Waals surface area contributed by atoms with Crippen LogP contribution in [-0.2, 0) is 20.8 Å². The topological polar surface area (TPSA) is 38.8 Å². The second-order valence-corrected chi connectivity index (χ2v) is 6.09. The number of benzene rings is 2. The van der Waals surface area contributed by atoms with Gasteiger partial charge in [-0.1, -0.05) is 60.7 Å². The van der Waals surface area contributed by atoms with Crippen molar-refractivity contribution in [3.05, 3.63) is 77.9 Å². The van der Waals surface area contributed by atoms with E-state index >= 15 is 0 Å². The minimum atomic E-state index is -0.340. The number of nitrogens with zero attached hydrogens (tertiary/aromatic N) is 1. The Hall–Kier alpha value is -2.43. The molecule has 1 unspecified atom stereocenters. The van der Waals surface area contributed by atoms with E-state index < -0.39 is 0 Å². The van der Waals surface area contributed by atoms with Crippen molar-refractivity contribution >= 4 is 12.0 Å². The Morgan fingerprint density at radius 2 is 1.84 bits per heavy atom. The molecule has 1 atom stereocenters. The molecule has 0 saturated carbocycles. The average molecular weight is 337 g/mol. The molecule has 1 fully saturated rings. The van der Waals surface area contributed by atoms with Crippen LogP contribution in [0.5, 0.6) is 0 Å². The molecular formula is C21H23NO3. The Balaban J connectivity index is 1.43. The first-order chi connectivity index (χ1) is 12.3. The predicted molar refractivity (Wildman–Crippen MR) is 97.9 cm³/mol. The molecule has 1 heterocycles. The first-order valence-electron chi connectivity index (χ1n) is 8.57. The van der Waals surface area contributed by atoms with Gasteiger partial charge in [0.05, 0.1) is 6.61 Å². The first-order valence-corrected chi connectivity index (χ1v) is 8.57. The highest BCUT2D eigenvalue weighted by Gasteiger charge is 2.21. The maximum Gasteiger partial charge on any atom is 0.330 e. The maximum absolute atomic E-state index is 11.9. The van der Waals surface area contributed by atoms with Crippen LogP contribution >= 0.6 is 0 Å². The normalized spacial score (nSPS) is 18.3. The third kappa shape index (κ3) is 5.85. The Morgan fingerprint density at radius 1 is 1.12 bits per heavy atom. The molecule has 3 rings (SSSR count). The van der Waals surface area contributed by atoms with Crippen molar-refractivity contribution in [2.45, 2.75) is 12.6 Å². The molecule has 4 heteroatoms. The summed E-state index contributed by atoms with van der Waals surface area (Å²) in [6.45, 7) is 3.50. The van der Waals surface area contributed by atoms with Gasteiger partial charge in [0.2, 0.25) is 0 Å². The first kappa shape index (κ1) is 17.4. The van der Waals surface area contributed by atoms with E-state index in [1.807, 2.05) is 48.5 Å². The number of hydrogen-bond donors (Lipinski definition) is 0. The molecule has 0 aliphatic carbocycles. The number of morpholine rings is 1. The van der Waals surface area contributed by atoms with E-state index in [2.05, 4.69) is 17.0 Å². The van der Waals surface area contributed by atoms with Crippen LogP contribution in [-0.4, -0.2) is 43.3 Å². The average Bonchev–Trinajstić information content (AvgIpc) is 2.67. The number of ether oxygens (including phenoxy) is 2. The minimum Gasteiger partial charge on any atom is -0.460 e. The van der Waals surface area contributed by atoms with Crippen molar-refractivity contribution in [2.24, 2.45) is 0 Å². The third-order valence-electron chi connectivity index (χ3n) is 4.09. The fourth-order valence-electron chi connectivity index (χ4n) is 2.82.